The van der Waals surface area contributed by atoms with Gasteiger partial charge in [-0.2, -0.15) is 15.0 Å². The molecule has 0 aliphatic heterocycles. The Hall–Kier alpha value is -3.18. The summed E-state index contributed by atoms with van der Waals surface area (Å²) in [6.07, 6.45) is 28.4. The van der Waals surface area contributed by atoms with Crippen LogP contribution in [0.2, 0.25) is 0 Å². The number of thiophene rings is 4. The molecular weight excluding hydrogens is 1110 g/mol. The zero-order valence-electron chi connectivity index (χ0n) is 44.7. The molecule has 8 aromatic rings. The summed E-state index contributed by atoms with van der Waals surface area (Å²) in [6.45, 7) is 9.94. The van der Waals surface area contributed by atoms with E-state index in [9.17, 15) is 0 Å². The number of halogens is 2. The van der Waals surface area contributed by atoms with Gasteiger partial charge >= 0.3 is 0 Å². The Morgan fingerprint density at radius 3 is 1.45 bits per heavy atom. The summed E-state index contributed by atoms with van der Waals surface area (Å²) >= 11 is 15.1. The maximum absolute atomic E-state index is 5.29. The van der Waals surface area contributed by atoms with Gasteiger partial charge in [0.2, 0.25) is 0 Å². The van der Waals surface area contributed by atoms with Crippen molar-refractivity contribution in [1.82, 2.24) is 15.0 Å². The van der Waals surface area contributed by atoms with Crippen molar-refractivity contribution >= 4 is 88.2 Å². The fraction of sp³-hybridized carbons (Fsp3) is 0.477. The smallest absolute Gasteiger partial charge is 0.122 e. The van der Waals surface area contributed by atoms with Crippen LogP contribution in [0.5, 0.6) is 0 Å². The molecule has 9 heteroatoms. The van der Waals surface area contributed by atoms with Crippen LogP contribution < -0.4 is 0 Å². The molecule has 3 aromatic carbocycles. The third-order valence-electron chi connectivity index (χ3n) is 15.9. The lowest BCUT2D eigenvalue weighted by atomic mass is 9.70. The zero-order valence-corrected chi connectivity index (χ0v) is 51.2. The lowest BCUT2D eigenvalue weighted by Gasteiger charge is -2.33. The molecule has 9 rings (SSSR count). The highest BCUT2D eigenvalue weighted by molar-refractivity contribution is 9.09. The quantitative estimate of drug-likeness (QED) is 0.0320. The Morgan fingerprint density at radius 1 is 0.446 bits per heavy atom. The number of aromatic nitrogens is 3. The van der Waals surface area contributed by atoms with E-state index in [0.717, 1.165) is 28.2 Å². The van der Waals surface area contributed by atoms with Crippen molar-refractivity contribution in [2.75, 3.05) is 10.7 Å². The molecule has 1 aliphatic rings. The van der Waals surface area contributed by atoms with Crippen LogP contribution in [0.4, 0.5) is 0 Å². The molecule has 0 saturated heterocycles. The van der Waals surface area contributed by atoms with Gasteiger partial charge in [0.1, 0.15) is 11.0 Å². The second kappa shape index (κ2) is 27.4. The molecule has 0 N–H and O–H groups in total. The van der Waals surface area contributed by atoms with Crippen LogP contribution in [0, 0.1) is 19.8 Å². The van der Waals surface area contributed by atoms with Crippen LogP contribution in [-0.2, 0) is 12.0 Å². The van der Waals surface area contributed by atoms with Crippen molar-refractivity contribution in [3.63, 3.8) is 0 Å². The van der Waals surface area contributed by atoms with Gasteiger partial charge < -0.3 is 0 Å². The van der Waals surface area contributed by atoms with Gasteiger partial charge in [0.25, 0.3) is 0 Å². The molecule has 5 heterocycles. The van der Waals surface area contributed by atoms with E-state index < -0.39 is 0 Å². The lowest BCUT2D eigenvalue weighted by molar-refractivity contribution is 0.327. The third kappa shape index (κ3) is 13.4. The first kappa shape index (κ1) is 55.6. The number of fused-ring (bicyclic) bond motifs is 4. The molecule has 0 spiro atoms. The summed E-state index contributed by atoms with van der Waals surface area (Å²) < 4.78 is 0. The van der Waals surface area contributed by atoms with E-state index in [4.69, 9.17) is 10.2 Å². The highest BCUT2D eigenvalue weighted by atomic mass is 79.9. The van der Waals surface area contributed by atoms with Gasteiger partial charge in [-0.25, -0.2) is 0 Å². The molecule has 74 heavy (non-hydrogen) atoms. The van der Waals surface area contributed by atoms with Crippen molar-refractivity contribution < 1.29 is 0 Å². The molecule has 0 bridgehead atoms. The van der Waals surface area contributed by atoms with Crippen LogP contribution in [-0.4, -0.2) is 25.7 Å². The number of hydrogen-bond donors (Lipinski definition) is 0. The summed E-state index contributed by atoms with van der Waals surface area (Å²) in [5.41, 5.74) is 13.2. The van der Waals surface area contributed by atoms with E-state index in [-0.39, 0.29) is 5.41 Å². The second-order valence-corrected chi connectivity index (χ2v) is 27.5. The van der Waals surface area contributed by atoms with Crippen molar-refractivity contribution in [3.8, 4) is 62.0 Å². The zero-order chi connectivity index (χ0) is 51.3. The monoisotopic (exact) mass is 1190 g/mol. The van der Waals surface area contributed by atoms with E-state index in [0.29, 0.717) is 5.92 Å². The summed E-state index contributed by atoms with van der Waals surface area (Å²) in [5, 5.41) is 12.7. The maximum Gasteiger partial charge on any atom is 0.122 e. The van der Waals surface area contributed by atoms with Gasteiger partial charge in [-0.3, -0.25) is 0 Å². The average Bonchev–Trinajstić information content (AvgIpc) is 4.30. The Bertz CT molecular complexity index is 3010. The molecule has 1 atom stereocenters. The number of aryl methyl sites for hydroxylation is 2. The SMILES string of the molecule is CCCCCCCCC(CCCCCC)Cn1nc2c(C)ccc(-c3ccc(-c4ccc(-c5ccc6c(c5)C(CCCCCCBr)(CCCCCCBr)c5cc(-c7ccc(-c8ccc(C)s8)s7)ccc5-6)s4)s3)c2n1. The minimum Gasteiger partial charge on any atom is -0.183 e. The van der Waals surface area contributed by atoms with Gasteiger partial charge in [0.15, 0.2) is 0 Å². The number of unbranched alkanes of at least 4 members (excludes halogenated alkanes) is 14. The maximum atomic E-state index is 5.29. The predicted molar refractivity (Wildman–Crippen MR) is 336 cm³/mol. The molecular formula is C65H79Br2N3S4. The van der Waals surface area contributed by atoms with Crippen LogP contribution in [0.15, 0.2) is 97.1 Å². The number of benzene rings is 3. The van der Waals surface area contributed by atoms with Gasteiger partial charge in [0, 0.05) is 60.7 Å². The molecule has 1 unspecified atom stereocenters. The van der Waals surface area contributed by atoms with Crippen molar-refractivity contribution in [1.29, 1.82) is 0 Å². The molecule has 0 amide bonds. The molecule has 0 radical (unpaired) electrons. The van der Waals surface area contributed by atoms with Crippen molar-refractivity contribution in [3.05, 3.63) is 119 Å². The molecule has 0 fully saturated rings. The average molecular weight is 1190 g/mol. The fourth-order valence-electron chi connectivity index (χ4n) is 11.7. The highest BCUT2D eigenvalue weighted by Crippen LogP contribution is 2.56. The third-order valence-corrected chi connectivity index (χ3v) is 21.8. The topological polar surface area (TPSA) is 30.7 Å². The van der Waals surface area contributed by atoms with Gasteiger partial charge in [-0.15, -0.1) is 45.3 Å². The Morgan fingerprint density at radius 2 is 0.892 bits per heavy atom. The first-order valence-corrected chi connectivity index (χ1v) is 34.0. The summed E-state index contributed by atoms with van der Waals surface area (Å²) in [4.78, 5) is 12.8. The fourth-order valence-corrected chi connectivity index (χ4v) is 16.6. The van der Waals surface area contributed by atoms with E-state index >= 15 is 0 Å². The van der Waals surface area contributed by atoms with Gasteiger partial charge in [0.05, 0.1) is 6.54 Å². The largest absolute Gasteiger partial charge is 0.183 e. The predicted octanol–water partition coefficient (Wildman–Crippen LogP) is 22.9. The van der Waals surface area contributed by atoms with E-state index in [1.54, 1.807) is 11.1 Å². The molecule has 392 valence electrons. The van der Waals surface area contributed by atoms with E-state index in [1.165, 1.54) is 214 Å². The first-order chi connectivity index (χ1) is 36.3. The van der Waals surface area contributed by atoms with Crippen molar-refractivity contribution in [2.45, 2.75) is 181 Å². The van der Waals surface area contributed by atoms with Crippen LogP contribution in [0.3, 0.4) is 0 Å². The van der Waals surface area contributed by atoms with E-state index in [1.807, 2.05) is 45.3 Å². The van der Waals surface area contributed by atoms with E-state index in [2.05, 4.69) is 161 Å². The van der Waals surface area contributed by atoms with Crippen LogP contribution >= 0.6 is 77.2 Å². The summed E-state index contributed by atoms with van der Waals surface area (Å²) in [7, 11) is 0. The minimum absolute atomic E-state index is 0.0160. The minimum atomic E-state index is -0.0160. The Kier molecular flexibility index (Phi) is 20.6. The normalized spacial score (nSPS) is 13.3. The molecule has 3 nitrogen and oxygen atoms in total. The standard InChI is InChI=1S/C65H79Br2N3S4/c1-5-7-9-11-12-18-24-48(23-17-10-8-6-2)45-70-68-63-46(3)25-29-53(64(63)69-70)58-35-38-62(74-58)61-37-34-57(73-61)50-28-31-52-51-30-27-49(56-33-36-60(72-56)59-32-26-47(4)71-59)43-54(51)65(55(52)44-50,39-19-13-15-21-41-66)40-20-14-16-22-42-67/h25-38,43-44,48H,5-24,39-42,45H2,1-4H3. The highest BCUT2D eigenvalue weighted by Gasteiger charge is 2.43. The van der Waals surface area contributed by atoms with Gasteiger partial charge in [-0.05, 0) is 158 Å². The number of alkyl halides is 2. The summed E-state index contributed by atoms with van der Waals surface area (Å²) in [6, 6.07) is 38.2. The second-order valence-electron chi connectivity index (χ2n) is 21.4. The van der Waals surface area contributed by atoms with Crippen LogP contribution in [0.1, 0.15) is 177 Å². The first-order valence-electron chi connectivity index (χ1n) is 28.5. The number of rotatable bonds is 31. The Balaban J connectivity index is 0.990. The molecule has 0 saturated carbocycles. The lowest BCUT2D eigenvalue weighted by Crippen LogP contribution is -2.25. The molecule has 1 aliphatic carbocycles. The van der Waals surface area contributed by atoms with Crippen LogP contribution in [0.25, 0.3) is 73.0 Å². The molecule has 5 aromatic heterocycles. The summed E-state index contributed by atoms with van der Waals surface area (Å²) in [5.74, 6) is 0.629. The Labute approximate surface area is 477 Å². The van der Waals surface area contributed by atoms with Gasteiger partial charge in [-0.1, -0.05) is 185 Å². The number of hydrogen-bond acceptors (Lipinski definition) is 6. The number of nitrogens with zero attached hydrogens (tertiary/aromatic N) is 3. The van der Waals surface area contributed by atoms with Crippen molar-refractivity contribution in [2.24, 2.45) is 5.92 Å².